The van der Waals surface area contributed by atoms with E-state index in [-0.39, 0.29) is 6.10 Å². The van der Waals surface area contributed by atoms with Crippen molar-refractivity contribution < 1.29 is 5.11 Å². The molecule has 2 atom stereocenters. The van der Waals surface area contributed by atoms with Gasteiger partial charge >= 0.3 is 0 Å². The second kappa shape index (κ2) is 4.77. The molecule has 0 amide bonds. The standard InChI is InChI=1S/C13H19NO/c1-11(15)9-14-8-7-13(10-14)12-5-3-2-4-6-12/h2-6,11,13,15H,7-10H2,1H3/t11-,13?/m0/s1. The van der Waals surface area contributed by atoms with Crippen molar-refractivity contribution in [3.8, 4) is 0 Å². The number of likely N-dealkylation sites (tertiary alicyclic amines) is 1. The van der Waals surface area contributed by atoms with Gasteiger partial charge in [-0.25, -0.2) is 0 Å². The van der Waals surface area contributed by atoms with Crippen molar-refractivity contribution in [3.63, 3.8) is 0 Å². The lowest BCUT2D eigenvalue weighted by atomic mass is 9.99. The van der Waals surface area contributed by atoms with Crippen LogP contribution in [0.1, 0.15) is 24.8 Å². The molecule has 1 unspecified atom stereocenters. The van der Waals surface area contributed by atoms with Gasteiger partial charge in [0.2, 0.25) is 0 Å². The second-order valence-corrected chi connectivity index (χ2v) is 4.50. The van der Waals surface area contributed by atoms with Crippen LogP contribution in [-0.2, 0) is 0 Å². The summed E-state index contributed by atoms with van der Waals surface area (Å²) >= 11 is 0. The monoisotopic (exact) mass is 205 g/mol. The van der Waals surface area contributed by atoms with E-state index in [9.17, 15) is 5.11 Å². The minimum absolute atomic E-state index is 0.209. The maximum Gasteiger partial charge on any atom is 0.0639 e. The molecule has 1 heterocycles. The van der Waals surface area contributed by atoms with Gasteiger partial charge in [0.15, 0.2) is 0 Å². The molecule has 1 aliphatic rings. The van der Waals surface area contributed by atoms with Crippen molar-refractivity contribution in [2.45, 2.75) is 25.4 Å². The number of nitrogens with zero attached hydrogens (tertiary/aromatic N) is 1. The molecule has 1 saturated heterocycles. The maximum atomic E-state index is 9.33. The molecule has 1 aromatic carbocycles. The number of aliphatic hydroxyl groups is 1. The van der Waals surface area contributed by atoms with E-state index in [1.807, 2.05) is 6.92 Å². The Bertz CT molecular complexity index is 297. The first-order valence-electron chi connectivity index (χ1n) is 5.71. The molecular weight excluding hydrogens is 186 g/mol. The van der Waals surface area contributed by atoms with Gasteiger partial charge in [0, 0.05) is 13.1 Å². The Kier molecular flexibility index (Phi) is 3.39. The molecule has 2 heteroatoms. The van der Waals surface area contributed by atoms with Gasteiger partial charge < -0.3 is 10.0 Å². The lowest BCUT2D eigenvalue weighted by Crippen LogP contribution is -2.28. The summed E-state index contributed by atoms with van der Waals surface area (Å²) in [5.74, 6) is 0.657. The van der Waals surface area contributed by atoms with Crippen LogP contribution < -0.4 is 0 Å². The molecule has 0 radical (unpaired) electrons. The summed E-state index contributed by atoms with van der Waals surface area (Å²) < 4.78 is 0. The van der Waals surface area contributed by atoms with E-state index < -0.39 is 0 Å². The average molecular weight is 205 g/mol. The van der Waals surface area contributed by atoms with Crippen molar-refractivity contribution in [2.24, 2.45) is 0 Å². The van der Waals surface area contributed by atoms with Crippen molar-refractivity contribution in [2.75, 3.05) is 19.6 Å². The molecule has 0 spiro atoms. The number of hydrogen-bond acceptors (Lipinski definition) is 2. The van der Waals surface area contributed by atoms with Gasteiger partial charge in [0.25, 0.3) is 0 Å². The van der Waals surface area contributed by atoms with Crippen molar-refractivity contribution in [1.82, 2.24) is 4.90 Å². The smallest absolute Gasteiger partial charge is 0.0639 e. The first kappa shape index (κ1) is 10.7. The van der Waals surface area contributed by atoms with Gasteiger partial charge in [-0.3, -0.25) is 0 Å². The number of benzene rings is 1. The van der Waals surface area contributed by atoms with Crippen LogP contribution in [0.2, 0.25) is 0 Å². The molecule has 15 heavy (non-hydrogen) atoms. The van der Waals surface area contributed by atoms with Crippen LogP contribution in [0.3, 0.4) is 0 Å². The summed E-state index contributed by atoms with van der Waals surface area (Å²) in [6.45, 7) is 4.87. The first-order chi connectivity index (χ1) is 7.25. The summed E-state index contributed by atoms with van der Waals surface area (Å²) in [7, 11) is 0. The van der Waals surface area contributed by atoms with Crippen LogP contribution in [-0.4, -0.2) is 35.7 Å². The number of aliphatic hydroxyl groups excluding tert-OH is 1. The number of hydrogen-bond donors (Lipinski definition) is 1. The summed E-state index contributed by atoms with van der Waals surface area (Å²) in [6.07, 6.45) is 1.01. The molecule has 0 aliphatic carbocycles. The highest BCUT2D eigenvalue weighted by molar-refractivity contribution is 5.20. The van der Waals surface area contributed by atoms with E-state index in [4.69, 9.17) is 0 Å². The zero-order valence-corrected chi connectivity index (χ0v) is 9.26. The van der Waals surface area contributed by atoms with Crippen LogP contribution in [0.5, 0.6) is 0 Å². The molecule has 0 aromatic heterocycles. The molecule has 2 nitrogen and oxygen atoms in total. The van der Waals surface area contributed by atoms with Crippen molar-refractivity contribution in [3.05, 3.63) is 35.9 Å². The van der Waals surface area contributed by atoms with E-state index in [2.05, 4.69) is 35.2 Å². The van der Waals surface area contributed by atoms with Gasteiger partial charge in [-0.15, -0.1) is 0 Å². The molecular formula is C13H19NO. The minimum atomic E-state index is -0.209. The van der Waals surface area contributed by atoms with Crippen LogP contribution in [0.25, 0.3) is 0 Å². The SMILES string of the molecule is C[C@H](O)CN1CCC(c2ccccc2)C1. The Hall–Kier alpha value is -0.860. The normalized spacial score (nSPS) is 24.3. The van der Waals surface area contributed by atoms with Gasteiger partial charge in [0.05, 0.1) is 6.10 Å². The lowest BCUT2D eigenvalue weighted by Gasteiger charge is -2.17. The van der Waals surface area contributed by atoms with Gasteiger partial charge in [-0.2, -0.15) is 0 Å². The van der Waals surface area contributed by atoms with Crippen LogP contribution in [0.15, 0.2) is 30.3 Å². The molecule has 0 saturated carbocycles. The molecule has 1 aromatic rings. The van der Waals surface area contributed by atoms with Crippen molar-refractivity contribution >= 4 is 0 Å². The largest absolute Gasteiger partial charge is 0.392 e. The Labute approximate surface area is 91.5 Å². The fourth-order valence-corrected chi connectivity index (χ4v) is 2.37. The Morgan fingerprint density at radius 2 is 2.13 bits per heavy atom. The Morgan fingerprint density at radius 1 is 1.40 bits per heavy atom. The van der Waals surface area contributed by atoms with E-state index in [0.29, 0.717) is 5.92 Å². The number of rotatable bonds is 3. The maximum absolute atomic E-state index is 9.33. The fraction of sp³-hybridized carbons (Fsp3) is 0.538. The third kappa shape index (κ3) is 2.80. The Balaban J connectivity index is 1.93. The van der Waals surface area contributed by atoms with Crippen LogP contribution in [0.4, 0.5) is 0 Å². The van der Waals surface area contributed by atoms with Crippen LogP contribution in [0, 0.1) is 0 Å². The topological polar surface area (TPSA) is 23.5 Å². The molecule has 1 N–H and O–H groups in total. The highest BCUT2D eigenvalue weighted by Gasteiger charge is 2.23. The van der Waals surface area contributed by atoms with Gasteiger partial charge in [0.1, 0.15) is 0 Å². The molecule has 82 valence electrons. The average Bonchev–Trinajstić information content (AvgIpc) is 2.67. The predicted molar refractivity (Wildman–Crippen MR) is 61.9 cm³/mol. The van der Waals surface area contributed by atoms with Crippen LogP contribution >= 0.6 is 0 Å². The zero-order chi connectivity index (χ0) is 10.7. The zero-order valence-electron chi connectivity index (χ0n) is 9.26. The Morgan fingerprint density at radius 3 is 2.80 bits per heavy atom. The lowest BCUT2D eigenvalue weighted by molar-refractivity contribution is 0.140. The van der Waals surface area contributed by atoms with Gasteiger partial charge in [-0.05, 0) is 31.4 Å². The first-order valence-corrected chi connectivity index (χ1v) is 5.71. The third-order valence-corrected chi connectivity index (χ3v) is 3.07. The van der Waals surface area contributed by atoms with Crippen molar-refractivity contribution in [1.29, 1.82) is 0 Å². The summed E-state index contributed by atoms with van der Waals surface area (Å²) in [4.78, 5) is 2.35. The highest BCUT2D eigenvalue weighted by Crippen LogP contribution is 2.26. The predicted octanol–water partition coefficient (Wildman–Crippen LogP) is 1.86. The second-order valence-electron chi connectivity index (χ2n) is 4.50. The quantitative estimate of drug-likeness (QED) is 0.814. The van der Waals surface area contributed by atoms with E-state index in [1.54, 1.807) is 0 Å². The third-order valence-electron chi connectivity index (χ3n) is 3.07. The molecule has 0 bridgehead atoms. The molecule has 2 rings (SSSR count). The van der Waals surface area contributed by atoms with E-state index in [1.165, 1.54) is 12.0 Å². The summed E-state index contributed by atoms with van der Waals surface area (Å²) in [5, 5.41) is 9.33. The van der Waals surface area contributed by atoms with E-state index in [0.717, 1.165) is 19.6 Å². The summed E-state index contributed by atoms with van der Waals surface area (Å²) in [5.41, 5.74) is 1.44. The molecule has 1 aliphatic heterocycles. The highest BCUT2D eigenvalue weighted by atomic mass is 16.3. The van der Waals surface area contributed by atoms with E-state index >= 15 is 0 Å². The minimum Gasteiger partial charge on any atom is -0.392 e. The number of β-amino-alcohol motifs (C(OH)–C–C–N with tert-alkyl or cyclic N) is 1. The summed E-state index contributed by atoms with van der Waals surface area (Å²) in [6, 6.07) is 10.7. The fourth-order valence-electron chi connectivity index (χ4n) is 2.37. The van der Waals surface area contributed by atoms with Gasteiger partial charge in [-0.1, -0.05) is 30.3 Å². The molecule has 1 fully saturated rings.